The van der Waals surface area contributed by atoms with Crippen molar-refractivity contribution in [1.82, 2.24) is 9.13 Å². The zero-order valence-electron chi connectivity index (χ0n) is 41.8. The monoisotopic (exact) mass is 980 g/mol. The van der Waals surface area contributed by atoms with E-state index in [1.54, 1.807) is 0 Å². The molecule has 0 bridgehead atoms. The first-order valence-corrected chi connectivity index (χ1v) is 27.2. The van der Waals surface area contributed by atoms with E-state index in [-0.39, 0.29) is 25.5 Å². The number of thiophene rings is 1. The zero-order valence-corrected chi connectivity index (χ0v) is 42.6. The van der Waals surface area contributed by atoms with Gasteiger partial charge in [0.05, 0.1) is 11.0 Å². The van der Waals surface area contributed by atoms with Crippen LogP contribution in [0.4, 0.5) is 22.7 Å². The minimum absolute atomic E-state index is 0.0411. The van der Waals surface area contributed by atoms with Gasteiger partial charge in [0.1, 0.15) is 23.0 Å². The predicted molar refractivity (Wildman–Crippen MR) is 318 cm³/mol. The summed E-state index contributed by atoms with van der Waals surface area (Å²) in [5, 5.41) is 7.56. The number of nitrogens with zero attached hydrogens (tertiary/aromatic N) is 4. The van der Waals surface area contributed by atoms with Crippen LogP contribution in [0.2, 0.25) is 0 Å². The largest absolute Gasteiger partial charge is 0.458 e. The molecule has 10 aromatic carbocycles. The Morgan fingerprint density at radius 2 is 0.787 bits per heavy atom. The summed E-state index contributed by atoms with van der Waals surface area (Å²) in [7, 11) is 0. The number of hydrogen-bond acceptors (Lipinski definition) is 5. The van der Waals surface area contributed by atoms with Gasteiger partial charge >= 0.3 is 0 Å². The van der Waals surface area contributed by atoms with Gasteiger partial charge in [-0.25, -0.2) is 0 Å². The van der Waals surface area contributed by atoms with Gasteiger partial charge in [0.25, 0.3) is 13.4 Å². The molecule has 354 valence electrons. The summed E-state index contributed by atoms with van der Waals surface area (Å²) in [6.07, 6.45) is 0. The second-order valence-electron chi connectivity index (χ2n) is 21.5. The van der Waals surface area contributed by atoms with Crippen LogP contribution >= 0.6 is 11.3 Å². The summed E-state index contributed by atoms with van der Waals surface area (Å²) < 4.78 is 22.1. The SMILES string of the molecule is CC(C)N(c1ccccc1)c1cc2c3c(c1)-n1c4ccccc4c4cccc(c41)B3c1cc3c(cc1O2)sc1cc2c(cc13)B1c3c(cc(N(c4ccccc4)C(C)C)cc3-n3c4ccccc4c4cccc1c43)O2. The van der Waals surface area contributed by atoms with Crippen LogP contribution in [0.5, 0.6) is 23.0 Å². The molecule has 75 heavy (non-hydrogen) atoms. The molecule has 0 unspecified atom stereocenters. The molecule has 3 aromatic heterocycles. The topological polar surface area (TPSA) is 34.8 Å². The summed E-state index contributed by atoms with van der Waals surface area (Å²) in [4.78, 5) is 4.87. The molecule has 9 heteroatoms. The van der Waals surface area contributed by atoms with E-state index in [0.29, 0.717) is 0 Å². The molecule has 0 radical (unpaired) electrons. The van der Waals surface area contributed by atoms with Crippen molar-refractivity contribution in [3.8, 4) is 34.4 Å². The van der Waals surface area contributed by atoms with Gasteiger partial charge in [0, 0.05) is 111 Å². The number of ether oxygens (including phenoxy) is 2. The second kappa shape index (κ2) is 15.0. The van der Waals surface area contributed by atoms with E-state index >= 15 is 0 Å². The minimum atomic E-state index is -0.0411. The Morgan fingerprint density at radius 1 is 0.373 bits per heavy atom. The highest BCUT2D eigenvalue weighted by Crippen LogP contribution is 2.46. The van der Waals surface area contributed by atoms with Crippen molar-refractivity contribution in [3.63, 3.8) is 0 Å². The van der Waals surface area contributed by atoms with Crippen molar-refractivity contribution >= 4 is 144 Å². The lowest BCUT2D eigenvalue weighted by molar-refractivity contribution is 0.487. The van der Waals surface area contributed by atoms with Crippen LogP contribution in [0, 0.1) is 0 Å². The molecule has 7 heterocycles. The molecular weight excluding hydrogens is 934 g/mol. The molecule has 4 aliphatic rings. The quantitative estimate of drug-likeness (QED) is 0.156. The fourth-order valence-corrected chi connectivity index (χ4v) is 15.1. The third-order valence-electron chi connectivity index (χ3n) is 16.8. The van der Waals surface area contributed by atoms with Crippen LogP contribution < -0.4 is 52.1 Å². The van der Waals surface area contributed by atoms with Crippen molar-refractivity contribution in [2.75, 3.05) is 9.80 Å². The van der Waals surface area contributed by atoms with Gasteiger partial charge in [0.15, 0.2) is 0 Å². The van der Waals surface area contributed by atoms with Gasteiger partial charge in [-0.3, -0.25) is 0 Å². The average Bonchev–Trinajstić information content (AvgIpc) is 4.09. The van der Waals surface area contributed by atoms with Crippen LogP contribution in [-0.4, -0.2) is 34.6 Å². The van der Waals surface area contributed by atoms with Crippen LogP contribution in [0.1, 0.15) is 27.7 Å². The lowest BCUT2D eigenvalue weighted by Gasteiger charge is -2.36. The Morgan fingerprint density at radius 3 is 1.23 bits per heavy atom. The number of aromatic nitrogens is 2. The van der Waals surface area contributed by atoms with E-state index in [0.717, 1.165) is 45.7 Å². The Bertz CT molecular complexity index is 4360. The fraction of sp³-hybridized carbons (Fsp3) is 0.0909. The fourth-order valence-electron chi connectivity index (χ4n) is 14.0. The lowest BCUT2D eigenvalue weighted by Crippen LogP contribution is -2.58. The van der Waals surface area contributed by atoms with E-state index in [2.05, 4.69) is 241 Å². The summed E-state index contributed by atoms with van der Waals surface area (Å²) in [5.41, 5.74) is 19.3. The Hall–Kier alpha value is -8.65. The highest BCUT2D eigenvalue weighted by atomic mass is 32.1. The Labute approximate surface area is 438 Å². The van der Waals surface area contributed by atoms with Gasteiger partial charge in [-0.2, -0.15) is 0 Å². The number of benzene rings is 10. The lowest BCUT2D eigenvalue weighted by atomic mass is 9.34. The average molecular weight is 981 g/mol. The standard InChI is InChI=1S/C66H46B2N4O2S/c1-37(2)69(39-17-7-5-8-18-39)41-29-55-63-59(31-41)73-57-35-61-47(33-51(57)67(63)49-25-15-23-45-43-21-11-13-27-53(43)71(55)65(45)49)48-34-52-58(36-62(48)75-61)74-60-32-42(70(38(3)4)40-19-9-6-10-20-40)30-56-64(60)68(52)50-26-16-24-46-44-22-12-14-28-54(44)72(56)66(46)50/h5-38H,1-4H3. The molecule has 0 amide bonds. The van der Waals surface area contributed by atoms with E-state index < -0.39 is 0 Å². The van der Waals surface area contributed by atoms with Crippen LogP contribution in [0.15, 0.2) is 194 Å². The maximum absolute atomic E-state index is 7.34. The first kappa shape index (κ1) is 41.8. The van der Waals surface area contributed by atoms with Crippen molar-refractivity contribution in [2.45, 2.75) is 39.8 Å². The predicted octanol–water partition coefficient (Wildman–Crippen LogP) is 13.2. The summed E-state index contributed by atoms with van der Waals surface area (Å²) in [6.45, 7) is 9.00. The molecule has 0 aliphatic carbocycles. The second-order valence-corrected chi connectivity index (χ2v) is 22.6. The molecule has 0 N–H and O–H groups in total. The Balaban J connectivity index is 0.898. The third-order valence-corrected chi connectivity index (χ3v) is 17.9. The first-order chi connectivity index (χ1) is 36.9. The van der Waals surface area contributed by atoms with Gasteiger partial charge < -0.3 is 28.4 Å². The molecular formula is C66H46B2N4O2S. The maximum Gasteiger partial charge on any atom is 0.256 e. The number of anilines is 4. The molecule has 0 saturated carbocycles. The van der Waals surface area contributed by atoms with Crippen molar-refractivity contribution < 1.29 is 9.47 Å². The smallest absolute Gasteiger partial charge is 0.256 e. The number of para-hydroxylation sites is 6. The van der Waals surface area contributed by atoms with E-state index in [1.165, 1.54) is 108 Å². The van der Waals surface area contributed by atoms with Gasteiger partial charge in [-0.05, 0) is 121 Å². The van der Waals surface area contributed by atoms with Crippen molar-refractivity contribution in [1.29, 1.82) is 0 Å². The van der Waals surface area contributed by atoms with E-state index in [4.69, 9.17) is 9.47 Å². The van der Waals surface area contributed by atoms with Crippen molar-refractivity contribution in [2.24, 2.45) is 0 Å². The van der Waals surface area contributed by atoms with Crippen molar-refractivity contribution in [3.05, 3.63) is 194 Å². The van der Waals surface area contributed by atoms with Gasteiger partial charge in [-0.15, -0.1) is 11.3 Å². The molecule has 0 saturated heterocycles. The molecule has 13 aromatic rings. The van der Waals surface area contributed by atoms with Crippen LogP contribution in [0.3, 0.4) is 0 Å². The summed E-state index contributed by atoms with van der Waals surface area (Å²) in [5.74, 6) is 3.65. The third kappa shape index (κ3) is 5.55. The number of hydrogen-bond donors (Lipinski definition) is 0. The summed E-state index contributed by atoms with van der Waals surface area (Å²) >= 11 is 1.83. The normalized spacial score (nSPS) is 13.5. The van der Waals surface area contributed by atoms with E-state index in [9.17, 15) is 0 Å². The molecule has 4 aliphatic heterocycles. The Kier molecular flexibility index (Phi) is 8.35. The van der Waals surface area contributed by atoms with Crippen LogP contribution in [0.25, 0.3) is 75.2 Å². The van der Waals surface area contributed by atoms with Crippen LogP contribution in [-0.2, 0) is 0 Å². The number of rotatable bonds is 6. The molecule has 0 spiro atoms. The molecule has 0 fully saturated rings. The highest BCUT2D eigenvalue weighted by Gasteiger charge is 2.44. The van der Waals surface area contributed by atoms with Gasteiger partial charge in [0.2, 0.25) is 0 Å². The molecule has 0 atom stereocenters. The zero-order chi connectivity index (χ0) is 49.5. The minimum Gasteiger partial charge on any atom is -0.458 e. The first-order valence-electron chi connectivity index (χ1n) is 26.4. The maximum atomic E-state index is 7.34. The van der Waals surface area contributed by atoms with E-state index in [1.807, 2.05) is 11.3 Å². The summed E-state index contributed by atoms with van der Waals surface area (Å²) in [6, 6.07) is 72.6. The highest BCUT2D eigenvalue weighted by molar-refractivity contribution is 7.26. The van der Waals surface area contributed by atoms with Gasteiger partial charge in [-0.1, -0.05) is 121 Å². The molecule has 17 rings (SSSR count). The molecule has 6 nitrogen and oxygen atoms in total. The number of fused-ring (bicyclic) bond motifs is 17.